The number of ketones is 1. The van der Waals surface area contributed by atoms with Gasteiger partial charge in [0.2, 0.25) is 0 Å². The Bertz CT molecular complexity index is 1030. The summed E-state index contributed by atoms with van der Waals surface area (Å²) in [4.78, 5) is 36.2. The van der Waals surface area contributed by atoms with Gasteiger partial charge in [0.05, 0.1) is 18.7 Å². The lowest BCUT2D eigenvalue weighted by Gasteiger charge is -2.35. The first-order valence-electron chi connectivity index (χ1n) is 13.5. The summed E-state index contributed by atoms with van der Waals surface area (Å²) in [6.07, 6.45) is 15.9. The van der Waals surface area contributed by atoms with E-state index < -0.39 is 5.97 Å². The molecule has 1 fully saturated rings. The second-order valence-electron chi connectivity index (χ2n) is 8.99. The molecule has 0 saturated carbocycles. The second kappa shape index (κ2) is 19.9. The van der Waals surface area contributed by atoms with E-state index in [4.69, 9.17) is 14.6 Å². The van der Waals surface area contributed by atoms with Crippen LogP contribution in [-0.2, 0) is 20.7 Å². The molecular weight excluding hydrogens is 508 g/mol. The molecular formula is C31H46N4O5. The molecule has 40 heavy (non-hydrogen) atoms. The number of carboxylic acid groups (broad SMARTS) is 1. The van der Waals surface area contributed by atoms with Crippen LogP contribution < -0.4 is 4.90 Å². The number of carboxylic acids is 1. The highest BCUT2D eigenvalue weighted by atomic mass is 16.5. The molecule has 9 nitrogen and oxygen atoms in total. The average molecular weight is 555 g/mol. The minimum atomic E-state index is -0.833. The maximum atomic E-state index is 11.7. The molecule has 0 bridgehead atoms. The number of rotatable bonds is 5. The van der Waals surface area contributed by atoms with E-state index in [1.165, 1.54) is 18.4 Å². The molecule has 2 aliphatic heterocycles. The Morgan fingerprint density at radius 3 is 2.10 bits per heavy atom. The number of hydrogen-bond donors (Lipinski definition) is 1. The van der Waals surface area contributed by atoms with E-state index in [0.717, 1.165) is 57.4 Å². The minimum absolute atomic E-state index is 0.0375. The van der Waals surface area contributed by atoms with Crippen molar-refractivity contribution in [1.29, 1.82) is 0 Å². The number of hydrogen-bond acceptors (Lipinski definition) is 7. The minimum Gasteiger partial charge on any atom is -0.481 e. The molecule has 0 radical (unpaired) electrons. The van der Waals surface area contributed by atoms with E-state index in [2.05, 4.69) is 67.0 Å². The first kappa shape index (κ1) is 35.9. The summed E-state index contributed by atoms with van der Waals surface area (Å²) in [5, 5.41) is 13.6. The van der Waals surface area contributed by atoms with E-state index in [-0.39, 0.29) is 17.8 Å². The zero-order chi connectivity index (χ0) is 30.7. The van der Waals surface area contributed by atoms with Crippen molar-refractivity contribution in [3.8, 4) is 12.8 Å². The fraction of sp³-hybridized carbons (Fsp3) is 0.484. The molecule has 2 heterocycles. The van der Waals surface area contributed by atoms with E-state index in [0.29, 0.717) is 6.54 Å². The molecule has 1 aromatic carbocycles. The summed E-state index contributed by atoms with van der Waals surface area (Å²) in [5.74, 6) is -0.638. The van der Waals surface area contributed by atoms with Gasteiger partial charge in [-0.1, -0.05) is 45.1 Å². The third-order valence-electron chi connectivity index (χ3n) is 6.23. The van der Waals surface area contributed by atoms with Gasteiger partial charge in [0, 0.05) is 44.5 Å². The van der Waals surface area contributed by atoms with Gasteiger partial charge in [0.25, 0.3) is 5.97 Å². The van der Waals surface area contributed by atoms with Gasteiger partial charge in [-0.15, -0.1) is 12.8 Å². The van der Waals surface area contributed by atoms with Crippen LogP contribution in [0.3, 0.4) is 0 Å². The Morgan fingerprint density at radius 1 is 1.12 bits per heavy atom. The maximum absolute atomic E-state index is 11.7. The highest BCUT2D eigenvalue weighted by Gasteiger charge is 2.25. The van der Waals surface area contributed by atoms with Crippen LogP contribution in [0.15, 0.2) is 53.3 Å². The lowest BCUT2D eigenvalue weighted by molar-refractivity contribution is -0.134. The lowest BCUT2D eigenvalue weighted by Crippen LogP contribution is -2.48. The number of carbonyl (C=O) groups is 3. The zero-order valence-electron chi connectivity index (χ0n) is 25.1. The third-order valence-corrected chi connectivity index (χ3v) is 6.23. The number of carbonyl (C=O) groups excluding carboxylic acids is 2. The fourth-order valence-electron chi connectivity index (χ4n) is 3.77. The number of nitrogens with zero attached hydrogens (tertiary/aromatic N) is 4. The summed E-state index contributed by atoms with van der Waals surface area (Å²) in [5.41, 5.74) is 4.46. The number of hydrazone groups is 1. The van der Waals surface area contributed by atoms with Crippen LogP contribution in [0.2, 0.25) is 0 Å². The Labute approximate surface area is 240 Å². The van der Waals surface area contributed by atoms with Crippen molar-refractivity contribution in [2.45, 2.75) is 54.4 Å². The molecule has 0 aliphatic carbocycles. The molecule has 0 aromatic heterocycles. The van der Waals surface area contributed by atoms with Crippen molar-refractivity contribution in [2.24, 2.45) is 11.0 Å². The number of piperazine rings is 1. The van der Waals surface area contributed by atoms with Crippen LogP contribution in [0.25, 0.3) is 0 Å². The number of Topliss-reactive ketones (excluding diaryl/α,β-unsaturated/α-hetero) is 1. The molecule has 1 saturated heterocycles. The van der Waals surface area contributed by atoms with Gasteiger partial charge >= 0.3 is 6.09 Å². The quantitative estimate of drug-likeness (QED) is 0.393. The number of methoxy groups -OCH3 is 1. The van der Waals surface area contributed by atoms with Crippen molar-refractivity contribution in [3.63, 3.8) is 0 Å². The number of aliphatic carboxylic acids is 1. The van der Waals surface area contributed by atoms with Crippen molar-refractivity contribution in [1.82, 2.24) is 9.91 Å². The fourth-order valence-corrected chi connectivity index (χ4v) is 3.77. The number of ether oxygens (including phenoxy) is 1. The molecule has 9 heteroatoms. The molecule has 1 amide bonds. The summed E-state index contributed by atoms with van der Waals surface area (Å²) in [7, 11) is 1.43. The van der Waals surface area contributed by atoms with Gasteiger partial charge in [0.1, 0.15) is 6.54 Å². The normalized spacial score (nSPS) is 16.9. The summed E-state index contributed by atoms with van der Waals surface area (Å²) < 4.78 is 4.73. The standard InChI is InChI=1S/C14H20N2O2.C13H20N2O.C2H4O2.C2H2/c1-3-12-4-6-13(7-5-12)15-8-10-16(11-9-15)14(17)18-2;1-5-7-8-12(6-2)15-9-13(16)10(3)11(4)14-15;1-2(3)4;1-2/h4-7H,3,8-11H2,1-2H3;6-8,10H,5,9H2,1-4H3;1H3,(H,3,4);1-2H/b;8-7-,12-6+;;. The number of anilines is 1. The molecule has 220 valence electrons. The lowest BCUT2D eigenvalue weighted by atomic mass is 10.00. The molecule has 3 rings (SSSR count). The highest BCUT2D eigenvalue weighted by Crippen LogP contribution is 2.18. The van der Waals surface area contributed by atoms with Gasteiger partial charge in [-0.2, -0.15) is 5.10 Å². The molecule has 2 aliphatic rings. The number of benzene rings is 1. The zero-order valence-corrected chi connectivity index (χ0v) is 25.1. The summed E-state index contributed by atoms with van der Waals surface area (Å²) in [6.45, 7) is 14.7. The topological polar surface area (TPSA) is 103 Å². The Balaban J connectivity index is 0.000000640. The first-order chi connectivity index (χ1) is 19.1. The van der Waals surface area contributed by atoms with E-state index >= 15 is 0 Å². The summed E-state index contributed by atoms with van der Waals surface area (Å²) >= 11 is 0. The van der Waals surface area contributed by atoms with Crippen LogP contribution in [0, 0.1) is 18.8 Å². The predicted molar refractivity (Wildman–Crippen MR) is 162 cm³/mol. The Kier molecular flexibility index (Phi) is 17.9. The van der Waals surface area contributed by atoms with E-state index in [9.17, 15) is 9.59 Å². The van der Waals surface area contributed by atoms with Gasteiger partial charge < -0.3 is 19.6 Å². The molecule has 1 atom stereocenters. The van der Waals surface area contributed by atoms with Gasteiger partial charge in [0.15, 0.2) is 5.78 Å². The SMILES string of the molecule is C#C.C/C=C(\C=C/CC)N1CC(=O)C(C)C(C)=N1.CC(=O)O.CCc1ccc(N2CCN(C(=O)OC)CC2)cc1. The molecule has 1 aromatic rings. The monoisotopic (exact) mass is 554 g/mol. The third kappa shape index (κ3) is 12.7. The maximum Gasteiger partial charge on any atom is 0.409 e. The van der Waals surface area contributed by atoms with Crippen LogP contribution in [0.1, 0.15) is 53.5 Å². The smallest absolute Gasteiger partial charge is 0.409 e. The van der Waals surface area contributed by atoms with Gasteiger partial charge in [-0.3, -0.25) is 14.6 Å². The van der Waals surface area contributed by atoms with Crippen LogP contribution >= 0.6 is 0 Å². The van der Waals surface area contributed by atoms with E-state index in [1.807, 2.05) is 32.9 Å². The van der Waals surface area contributed by atoms with Crippen LogP contribution in [-0.4, -0.2) is 78.4 Å². The largest absolute Gasteiger partial charge is 0.481 e. The van der Waals surface area contributed by atoms with Crippen molar-refractivity contribution >= 4 is 29.2 Å². The van der Waals surface area contributed by atoms with Crippen LogP contribution in [0.4, 0.5) is 10.5 Å². The van der Waals surface area contributed by atoms with Gasteiger partial charge in [-0.25, -0.2) is 4.79 Å². The highest BCUT2D eigenvalue weighted by molar-refractivity contribution is 6.05. The van der Waals surface area contributed by atoms with E-state index in [1.54, 1.807) is 9.91 Å². The van der Waals surface area contributed by atoms with Crippen LogP contribution in [0.5, 0.6) is 0 Å². The molecule has 1 unspecified atom stereocenters. The summed E-state index contributed by atoms with van der Waals surface area (Å²) in [6, 6.07) is 8.66. The number of amides is 1. The molecule has 1 N–H and O–H groups in total. The average Bonchev–Trinajstić information content (AvgIpc) is 2.97. The second-order valence-corrected chi connectivity index (χ2v) is 8.99. The first-order valence-corrected chi connectivity index (χ1v) is 13.5. The number of aryl methyl sites for hydroxylation is 1. The van der Waals surface area contributed by atoms with Crippen molar-refractivity contribution in [2.75, 3.05) is 44.7 Å². The Hall–Kier alpha value is -4.06. The molecule has 0 spiro atoms. The predicted octanol–water partition coefficient (Wildman–Crippen LogP) is 5.23. The Morgan fingerprint density at radius 2 is 1.68 bits per heavy atom. The number of terminal acetylenes is 1. The van der Waals surface area contributed by atoms with Crippen molar-refractivity contribution in [3.05, 3.63) is 53.8 Å². The number of allylic oxidation sites excluding steroid dienone is 3. The van der Waals surface area contributed by atoms with Gasteiger partial charge in [-0.05, 0) is 50.5 Å². The van der Waals surface area contributed by atoms with Crippen molar-refractivity contribution < 1.29 is 24.2 Å².